The topological polar surface area (TPSA) is 34.1 Å². The van der Waals surface area contributed by atoms with Gasteiger partial charge in [-0.15, -0.1) is 0 Å². The van der Waals surface area contributed by atoms with E-state index < -0.39 is 0 Å². The zero-order chi connectivity index (χ0) is 24.6. The molecule has 4 rings (SSSR count). The maximum Gasteiger partial charge on any atom is 0.150 e. The Kier molecular flexibility index (Phi) is 6.52. The molecular weight excluding hydrogens is 416 g/mol. The summed E-state index contributed by atoms with van der Waals surface area (Å²) in [4.78, 5) is 23.8. The van der Waals surface area contributed by atoms with Gasteiger partial charge >= 0.3 is 0 Å². The first-order chi connectivity index (χ1) is 16.2. The minimum absolute atomic E-state index is 0.375. The van der Waals surface area contributed by atoms with Gasteiger partial charge in [0.25, 0.3) is 0 Å². The highest BCUT2D eigenvalue weighted by Gasteiger charge is 2.19. The third-order valence-corrected chi connectivity index (χ3v) is 6.85. The van der Waals surface area contributed by atoms with E-state index >= 15 is 0 Å². The van der Waals surface area contributed by atoms with Gasteiger partial charge in [0.1, 0.15) is 0 Å². The molecule has 2 nitrogen and oxygen atoms in total. The van der Waals surface area contributed by atoms with Gasteiger partial charge in [-0.1, -0.05) is 76.2 Å². The highest BCUT2D eigenvalue weighted by atomic mass is 16.1. The van der Waals surface area contributed by atoms with E-state index in [2.05, 4.69) is 90.1 Å². The quantitative estimate of drug-likeness (QED) is 0.277. The predicted molar refractivity (Wildman–Crippen MR) is 143 cm³/mol. The highest BCUT2D eigenvalue weighted by molar-refractivity contribution is 6.00. The summed E-state index contributed by atoms with van der Waals surface area (Å²) in [6.07, 6.45) is 6.06. The zero-order valence-corrected chi connectivity index (χ0v) is 20.9. The molecule has 2 heteroatoms. The lowest BCUT2D eigenvalue weighted by molar-refractivity contribution is 0.111. The molecule has 0 fully saturated rings. The molecular formula is C32H32O2. The number of carbonyl (C=O) groups is 2. The summed E-state index contributed by atoms with van der Waals surface area (Å²) in [5.74, 6) is 0.751. The van der Waals surface area contributed by atoms with Crippen LogP contribution in [0.15, 0.2) is 48.5 Å². The number of aryl methyl sites for hydroxylation is 2. The minimum atomic E-state index is 0.375. The van der Waals surface area contributed by atoms with E-state index in [0.717, 1.165) is 57.1 Å². The fourth-order valence-corrected chi connectivity index (χ4v) is 4.82. The molecule has 0 spiro atoms. The van der Waals surface area contributed by atoms with Crippen molar-refractivity contribution in [3.63, 3.8) is 0 Å². The van der Waals surface area contributed by atoms with Crippen LogP contribution in [0.25, 0.3) is 34.4 Å². The summed E-state index contributed by atoms with van der Waals surface area (Å²) in [6.45, 7) is 12.9. The zero-order valence-electron chi connectivity index (χ0n) is 20.9. The molecule has 0 atom stereocenters. The van der Waals surface area contributed by atoms with Gasteiger partial charge < -0.3 is 0 Å². The molecule has 0 bridgehead atoms. The first kappa shape index (κ1) is 23.6. The summed E-state index contributed by atoms with van der Waals surface area (Å²) in [5.41, 5.74) is 12.3. The lowest BCUT2D eigenvalue weighted by Crippen LogP contribution is -1.85. The Morgan fingerprint density at radius 2 is 0.941 bits per heavy atom. The first-order valence-corrected chi connectivity index (χ1v) is 12.0. The Labute approximate surface area is 203 Å². The molecule has 0 aliphatic heterocycles. The number of fused-ring (bicyclic) bond motifs is 2. The van der Waals surface area contributed by atoms with Crippen molar-refractivity contribution in [3.8, 4) is 22.3 Å². The highest BCUT2D eigenvalue weighted by Crippen LogP contribution is 2.39. The fourth-order valence-electron chi connectivity index (χ4n) is 4.82. The standard InChI is InChI=1S/C32H32O2/c1-19(2)23-9-7-21(5)31-25(13-27(17-33)29(31)15-23)11-12-26-14-28(18-34)30-16-24(20(3)4)10-8-22(6)32(26)30/h7-20H,1-6H3. The Morgan fingerprint density at radius 1 is 0.559 bits per heavy atom. The van der Waals surface area contributed by atoms with Crippen molar-refractivity contribution in [2.24, 2.45) is 0 Å². The van der Waals surface area contributed by atoms with Crippen molar-refractivity contribution in [1.82, 2.24) is 0 Å². The van der Waals surface area contributed by atoms with E-state index in [-0.39, 0.29) is 0 Å². The van der Waals surface area contributed by atoms with E-state index in [1.54, 1.807) is 0 Å². The smallest absolute Gasteiger partial charge is 0.150 e. The molecule has 0 saturated heterocycles. The number of rotatable bonds is 6. The van der Waals surface area contributed by atoms with Gasteiger partial charge in [-0.05, 0) is 93.5 Å². The van der Waals surface area contributed by atoms with Crippen LogP contribution < -0.4 is 0 Å². The molecule has 0 aromatic heterocycles. The van der Waals surface area contributed by atoms with E-state index in [1.165, 1.54) is 11.1 Å². The summed E-state index contributed by atoms with van der Waals surface area (Å²) >= 11 is 0. The summed E-state index contributed by atoms with van der Waals surface area (Å²) in [6, 6.07) is 16.8. The fraction of sp³-hybridized carbons (Fsp3) is 0.250. The molecule has 0 unspecified atom stereocenters. The van der Waals surface area contributed by atoms with Crippen LogP contribution in [0.5, 0.6) is 0 Å². The van der Waals surface area contributed by atoms with E-state index in [9.17, 15) is 9.59 Å². The number of carbonyl (C=O) groups excluding carboxylic acids is 2. The van der Waals surface area contributed by atoms with Gasteiger partial charge in [0.15, 0.2) is 12.6 Å². The largest absolute Gasteiger partial charge is 0.298 e. The molecule has 0 heterocycles. The Bertz CT molecular complexity index is 1250. The number of aldehydes is 2. The van der Waals surface area contributed by atoms with Crippen LogP contribution in [0.3, 0.4) is 0 Å². The van der Waals surface area contributed by atoms with Gasteiger partial charge in [0, 0.05) is 11.1 Å². The van der Waals surface area contributed by atoms with Crippen molar-refractivity contribution in [2.45, 2.75) is 53.4 Å². The normalized spacial score (nSPS) is 11.9. The van der Waals surface area contributed by atoms with Crippen LogP contribution in [0.2, 0.25) is 0 Å². The lowest BCUT2D eigenvalue weighted by atomic mass is 9.99. The Hall–Kier alpha value is -3.52. The maximum absolute atomic E-state index is 11.9. The van der Waals surface area contributed by atoms with Gasteiger partial charge in [0.2, 0.25) is 0 Å². The molecule has 0 aromatic carbocycles. The van der Waals surface area contributed by atoms with Gasteiger partial charge in [-0.2, -0.15) is 0 Å². The predicted octanol–water partition coefficient (Wildman–Crippen LogP) is 8.56. The molecule has 4 aliphatic carbocycles. The average molecular weight is 449 g/mol. The second-order valence-electron chi connectivity index (χ2n) is 9.89. The lowest BCUT2D eigenvalue weighted by Gasteiger charge is -2.05. The minimum Gasteiger partial charge on any atom is -0.298 e. The van der Waals surface area contributed by atoms with E-state index in [4.69, 9.17) is 0 Å². The van der Waals surface area contributed by atoms with Gasteiger partial charge in [-0.3, -0.25) is 9.59 Å². The van der Waals surface area contributed by atoms with Crippen LogP contribution in [-0.4, -0.2) is 12.6 Å². The maximum atomic E-state index is 11.9. The van der Waals surface area contributed by atoms with Crippen LogP contribution in [0.4, 0.5) is 0 Å². The molecule has 172 valence electrons. The molecule has 4 aliphatic rings. The summed E-state index contributed by atoms with van der Waals surface area (Å²) < 4.78 is 0. The van der Waals surface area contributed by atoms with Gasteiger partial charge in [0.05, 0.1) is 0 Å². The number of hydrogen-bond acceptors (Lipinski definition) is 2. The second kappa shape index (κ2) is 9.38. The molecule has 0 saturated carbocycles. The van der Waals surface area contributed by atoms with Crippen molar-refractivity contribution < 1.29 is 9.59 Å². The third-order valence-electron chi connectivity index (χ3n) is 6.85. The van der Waals surface area contributed by atoms with E-state index in [1.807, 2.05) is 12.1 Å². The van der Waals surface area contributed by atoms with Crippen LogP contribution in [0.1, 0.15) is 93.6 Å². The van der Waals surface area contributed by atoms with Crippen molar-refractivity contribution in [1.29, 1.82) is 0 Å². The Balaban J connectivity index is 1.87. The average Bonchev–Trinajstić information content (AvgIpc) is 3.20. The molecule has 0 N–H and O–H groups in total. The van der Waals surface area contributed by atoms with Gasteiger partial charge in [-0.25, -0.2) is 0 Å². The van der Waals surface area contributed by atoms with Crippen molar-refractivity contribution in [2.75, 3.05) is 0 Å². The van der Waals surface area contributed by atoms with Crippen LogP contribution >= 0.6 is 0 Å². The Morgan fingerprint density at radius 3 is 1.26 bits per heavy atom. The summed E-state index contributed by atoms with van der Waals surface area (Å²) in [7, 11) is 0. The summed E-state index contributed by atoms with van der Waals surface area (Å²) in [5, 5.41) is 0. The molecule has 0 amide bonds. The second-order valence-corrected chi connectivity index (χ2v) is 9.89. The van der Waals surface area contributed by atoms with Crippen LogP contribution in [-0.2, 0) is 0 Å². The molecule has 34 heavy (non-hydrogen) atoms. The SMILES string of the molecule is Cc1ccc(C(C)C)cc2c(C=O)cc(C=Cc3cc(C=O)c4cc(C(C)C)ccc(C)c3-4)c1-2. The molecule has 0 radical (unpaired) electrons. The van der Waals surface area contributed by atoms with Crippen LogP contribution in [0, 0.1) is 13.8 Å². The van der Waals surface area contributed by atoms with Crippen molar-refractivity contribution >= 4 is 24.7 Å². The first-order valence-electron chi connectivity index (χ1n) is 12.0. The monoisotopic (exact) mass is 448 g/mol. The van der Waals surface area contributed by atoms with Crippen molar-refractivity contribution in [3.05, 3.63) is 93.0 Å². The van der Waals surface area contributed by atoms with E-state index in [0.29, 0.717) is 23.0 Å². The third kappa shape index (κ3) is 4.21. The molecule has 0 aromatic rings. The number of hydrogen-bond donors (Lipinski definition) is 0.